The molecule has 1 N–H and O–H groups in total. The van der Waals surface area contributed by atoms with E-state index in [1.54, 1.807) is 22.2 Å². The molecule has 1 aliphatic heterocycles. The van der Waals surface area contributed by atoms with Crippen LogP contribution in [-0.4, -0.2) is 22.3 Å². The molecule has 1 aromatic carbocycles. The van der Waals surface area contributed by atoms with Gasteiger partial charge < -0.3 is 14.8 Å². The smallest absolute Gasteiger partial charge is 0.262 e. The Hall–Kier alpha value is -2.87. The molecule has 1 amide bonds. The summed E-state index contributed by atoms with van der Waals surface area (Å²) in [5.41, 5.74) is 1.48. The summed E-state index contributed by atoms with van der Waals surface area (Å²) in [5.74, 6) is 1.27. The van der Waals surface area contributed by atoms with E-state index in [9.17, 15) is 9.59 Å². The van der Waals surface area contributed by atoms with E-state index >= 15 is 0 Å². The fourth-order valence-electron chi connectivity index (χ4n) is 4.33. The normalized spacial score (nSPS) is 15.2. The molecular formula is C23H25N3O4S. The van der Waals surface area contributed by atoms with E-state index in [2.05, 4.69) is 10.3 Å². The van der Waals surface area contributed by atoms with Crippen LogP contribution in [0.2, 0.25) is 0 Å². The van der Waals surface area contributed by atoms with E-state index in [0.29, 0.717) is 18.0 Å². The fourth-order valence-corrected chi connectivity index (χ4v) is 5.55. The monoisotopic (exact) mass is 439 g/mol. The van der Waals surface area contributed by atoms with E-state index in [1.807, 2.05) is 32.0 Å². The minimum Gasteiger partial charge on any atom is -0.454 e. The summed E-state index contributed by atoms with van der Waals surface area (Å²) in [6.07, 6.45) is 6.04. The van der Waals surface area contributed by atoms with Crippen molar-refractivity contribution >= 4 is 27.5 Å². The van der Waals surface area contributed by atoms with Crippen molar-refractivity contribution in [3.8, 4) is 11.5 Å². The van der Waals surface area contributed by atoms with Crippen molar-refractivity contribution in [2.75, 3.05) is 6.79 Å². The highest BCUT2D eigenvalue weighted by molar-refractivity contribution is 7.18. The number of nitrogens with zero attached hydrogens (tertiary/aromatic N) is 2. The first-order valence-corrected chi connectivity index (χ1v) is 11.4. The number of carbonyl (C=O) groups excluding carboxylic acids is 1. The zero-order valence-electron chi connectivity index (χ0n) is 17.7. The first-order valence-electron chi connectivity index (χ1n) is 10.6. The van der Waals surface area contributed by atoms with Crippen LogP contribution in [0.1, 0.15) is 49.1 Å². The van der Waals surface area contributed by atoms with Gasteiger partial charge >= 0.3 is 0 Å². The molecule has 162 valence electrons. The molecule has 1 aliphatic carbocycles. The number of thiophene rings is 1. The van der Waals surface area contributed by atoms with Crippen molar-refractivity contribution in [3.05, 3.63) is 50.9 Å². The van der Waals surface area contributed by atoms with Crippen molar-refractivity contribution in [2.24, 2.45) is 0 Å². The van der Waals surface area contributed by atoms with Gasteiger partial charge in [-0.15, -0.1) is 11.3 Å². The molecule has 0 saturated carbocycles. The Bertz CT molecular complexity index is 1230. The molecular weight excluding hydrogens is 414 g/mol. The molecule has 0 atom stereocenters. The van der Waals surface area contributed by atoms with Crippen LogP contribution in [0.4, 0.5) is 0 Å². The molecule has 2 aliphatic rings. The summed E-state index contributed by atoms with van der Waals surface area (Å²) in [6.45, 7) is 4.40. The van der Waals surface area contributed by atoms with Crippen LogP contribution < -0.4 is 20.3 Å². The highest BCUT2D eigenvalue weighted by Gasteiger charge is 2.26. The second kappa shape index (κ2) is 7.67. The van der Waals surface area contributed by atoms with Crippen molar-refractivity contribution < 1.29 is 14.3 Å². The van der Waals surface area contributed by atoms with Crippen molar-refractivity contribution in [2.45, 2.75) is 58.0 Å². The Labute approximate surface area is 184 Å². The molecule has 8 heteroatoms. The molecule has 0 bridgehead atoms. The molecule has 0 saturated heterocycles. The van der Waals surface area contributed by atoms with Crippen LogP contribution >= 0.6 is 11.3 Å². The van der Waals surface area contributed by atoms with Crippen molar-refractivity contribution in [3.63, 3.8) is 0 Å². The van der Waals surface area contributed by atoms with Gasteiger partial charge in [-0.3, -0.25) is 14.2 Å². The predicted molar refractivity (Wildman–Crippen MR) is 119 cm³/mol. The molecule has 3 heterocycles. The summed E-state index contributed by atoms with van der Waals surface area (Å²) in [7, 11) is 0. The maximum Gasteiger partial charge on any atom is 0.262 e. The van der Waals surface area contributed by atoms with Gasteiger partial charge in [-0.25, -0.2) is 4.98 Å². The SMILES string of the molecule is CC(C)(NC(=O)CCn1cnc2sc3c(c2c1=O)CCCC3)c1ccc2c(c1)OCO2. The third-order valence-corrected chi connectivity index (χ3v) is 7.27. The Morgan fingerprint density at radius 1 is 1.23 bits per heavy atom. The summed E-state index contributed by atoms with van der Waals surface area (Å²) in [4.78, 5) is 32.4. The molecule has 5 rings (SSSR count). The highest BCUT2D eigenvalue weighted by Crippen LogP contribution is 2.36. The predicted octanol–water partition coefficient (Wildman–Crippen LogP) is 3.51. The van der Waals surface area contributed by atoms with Gasteiger partial charge in [-0.05, 0) is 62.8 Å². The first kappa shape index (κ1) is 20.1. The average Bonchev–Trinajstić information content (AvgIpc) is 3.37. The molecule has 31 heavy (non-hydrogen) atoms. The first-order chi connectivity index (χ1) is 14.9. The number of nitrogens with one attached hydrogen (secondary N) is 1. The average molecular weight is 440 g/mol. The zero-order chi connectivity index (χ0) is 21.6. The summed E-state index contributed by atoms with van der Waals surface area (Å²) >= 11 is 1.64. The molecule has 0 spiro atoms. The van der Waals surface area contributed by atoms with E-state index in [4.69, 9.17) is 9.47 Å². The molecule has 0 fully saturated rings. The fraction of sp³-hybridized carbons (Fsp3) is 0.435. The lowest BCUT2D eigenvalue weighted by atomic mass is 9.93. The minimum absolute atomic E-state index is 0.0350. The van der Waals surface area contributed by atoms with Gasteiger partial charge in [-0.2, -0.15) is 0 Å². The number of benzene rings is 1. The lowest BCUT2D eigenvalue weighted by Crippen LogP contribution is -2.41. The molecule has 2 aromatic heterocycles. The molecule has 3 aromatic rings. The lowest BCUT2D eigenvalue weighted by molar-refractivity contribution is -0.123. The van der Waals surface area contributed by atoms with Crippen molar-refractivity contribution in [1.82, 2.24) is 14.9 Å². The molecule has 0 radical (unpaired) electrons. The topological polar surface area (TPSA) is 82.5 Å². The van der Waals surface area contributed by atoms with Gasteiger partial charge in [0.25, 0.3) is 5.56 Å². The van der Waals surface area contributed by atoms with Crippen LogP contribution in [0.15, 0.2) is 29.3 Å². The number of aryl methyl sites for hydroxylation is 3. The Morgan fingerprint density at radius 3 is 2.90 bits per heavy atom. The zero-order valence-corrected chi connectivity index (χ0v) is 18.5. The third-order valence-electron chi connectivity index (χ3n) is 6.07. The maximum absolute atomic E-state index is 13.1. The second-order valence-electron chi connectivity index (χ2n) is 8.63. The van der Waals surface area contributed by atoms with E-state index in [-0.39, 0.29) is 24.7 Å². The molecule has 0 unspecified atom stereocenters. The van der Waals surface area contributed by atoms with Gasteiger partial charge in [0.15, 0.2) is 11.5 Å². The lowest BCUT2D eigenvalue weighted by Gasteiger charge is -2.27. The molecule has 7 nitrogen and oxygen atoms in total. The van der Waals surface area contributed by atoms with Crippen LogP contribution in [0, 0.1) is 0 Å². The minimum atomic E-state index is -0.586. The van der Waals surface area contributed by atoms with Gasteiger partial charge in [0.1, 0.15) is 4.83 Å². The second-order valence-corrected chi connectivity index (χ2v) is 9.71. The quantitative estimate of drug-likeness (QED) is 0.658. The standard InChI is InChI=1S/C23H25N3O4S/c1-23(2,14-7-8-16-17(11-14)30-13-29-16)25-19(27)9-10-26-12-24-21-20(22(26)28)15-5-3-4-6-18(15)31-21/h7-8,11-12H,3-6,9-10,13H2,1-2H3,(H,25,27). The van der Waals surface area contributed by atoms with Crippen LogP contribution in [-0.2, 0) is 29.7 Å². The third kappa shape index (κ3) is 3.69. The van der Waals surface area contributed by atoms with Crippen LogP contribution in [0.25, 0.3) is 10.2 Å². The number of carbonyl (C=O) groups is 1. The highest BCUT2D eigenvalue weighted by atomic mass is 32.1. The summed E-state index contributed by atoms with van der Waals surface area (Å²) in [6, 6.07) is 5.67. The number of ether oxygens (including phenoxy) is 2. The number of aromatic nitrogens is 2. The van der Waals surface area contributed by atoms with Gasteiger partial charge in [-0.1, -0.05) is 6.07 Å². The number of rotatable bonds is 5. The Morgan fingerprint density at radius 2 is 2.03 bits per heavy atom. The maximum atomic E-state index is 13.1. The van der Waals surface area contributed by atoms with Crippen molar-refractivity contribution in [1.29, 1.82) is 0 Å². The van der Waals surface area contributed by atoms with Gasteiger partial charge in [0, 0.05) is 17.8 Å². The number of hydrogen-bond donors (Lipinski definition) is 1. The van der Waals surface area contributed by atoms with E-state index < -0.39 is 5.54 Å². The number of hydrogen-bond acceptors (Lipinski definition) is 6. The Balaban J connectivity index is 1.29. The van der Waals surface area contributed by atoms with Gasteiger partial charge in [0.05, 0.1) is 17.3 Å². The largest absolute Gasteiger partial charge is 0.454 e. The van der Waals surface area contributed by atoms with Crippen LogP contribution in [0.3, 0.4) is 0 Å². The van der Waals surface area contributed by atoms with E-state index in [1.165, 1.54) is 16.9 Å². The summed E-state index contributed by atoms with van der Waals surface area (Å²) < 4.78 is 12.4. The number of amides is 1. The van der Waals surface area contributed by atoms with Gasteiger partial charge in [0.2, 0.25) is 12.7 Å². The van der Waals surface area contributed by atoms with E-state index in [0.717, 1.165) is 35.0 Å². The van der Waals surface area contributed by atoms with Crippen LogP contribution in [0.5, 0.6) is 11.5 Å². The summed E-state index contributed by atoms with van der Waals surface area (Å²) in [5, 5.41) is 3.82. The number of fused-ring (bicyclic) bond motifs is 4. The Kier molecular flexibility index (Phi) is 4.97.